The molecule has 3 heteroatoms. The largest absolute Gasteiger partial charge is 0.487 e. The highest BCUT2D eigenvalue weighted by Crippen LogP contribution is 2.21. The Morgan fingerprint density at radius 2 is 2.00 bits per heavy atom. The van der Waals surface area contributed by atoms with Gasteiger partial charge in [-0.2, -0.15) is 0 Å². The first-order valence-electron chi connectivity index (χ1n) is 6.48. The van der Waals surface area contributed by atoms with Gasteiger partial charge in [0, 0.05) is 4.47 Å². The van der Waals surface area contributed by atoms with Crippen molar-refractivity contribution in [3.63, 3.8) is 0 Å². The molecule has 0 radical (unpaired) electrons. The lowest BCUT2D eigenvalue weighted by atomic mass is 10.1. The van der Waals surface area contributed by atoms with E-state index in [0.29, 0.717) is 0 Å². The van der Waals surface area contributed by atoms with Crippen LogP contribution in [0.15, 0.2) is 22.7 Å². The first-order chi connectivity index (χ1) is 8.25. The maximum absolute atomic E-state index is 5.85. The molecule has 0 spiro atoms. The number of rotatable bonds is 4. The third-order valence-electron chi connectivity index (χ3n) is 3.41. The Bertz CT molecular complexity index is 361. The van der Waals surface area contributed by atoms with Crippen LogP contribution in [-0.2, 0) is 0 Å². The second-order valence-electron chi connectivity index (χ2n) is 4.82. The molecule has 0 atom stereocenters. The molecule has 1 aliphatic rings. The fraction of sp³-hybridized carbons (Fsp3) is 0.571. The van der Waals surface area contributed by atoms with Crippen molar-refractivity contribution < 1.29 is 9.64 Å². The van der Waals surface area contributed by atoms with Crippen molar-refractivity contribution in [1.29, 1.82) is 0 Å². The number of halogens is 1. The molecular weight excluding hydrogens is 278 g/mol. The van der Waals surface area contributed by atoms with E-state index in [4.69, 9.17) is 4.74 Å². The highest BCUT2D eigenvalue weighted by Gasteiger charge is 2.13. The number of aryl methyl sites for hydroxylation is 1. The van der Waals surface area contributed by atoms with Crippen LogP contribution >= 0.6 is 15.9 Å². The molecule has 0 saturated carbocycles. The van der Waals surface area contributed by atoms with Crippen LogP contribution in [0, 0.1) is 6.92 Å². The summed E-state index contributed by atoms with van der Waals surface area (Å²) in [4.78, 5) is 1.70. The average Bonchev–Trinajstić information content (AvgIpc) is 2.33. The second kappa shape index (κ2) is 6.41. The van der Waals surface area contributed by atoms with Gasteiger partial charge in [-0.25, -0.2) is 0 Å². The Morgan fingerprint density at radius 1 is 1.24 bits per heavy atom. The van der Waals surface area contributed by atoms with Crippen LogP contribution in [0.3, 0.4) is 0 Å². The van der Waals surface area contributed by atoms with E-state index in [2.05, 4.69) is 28.9 Å². The molecule has 1 aliphatic heterocycles. The van der Waals surface area contributed by atoms with Crippen LogP contribution < -0.4 is 9.64 Å². The maximum Gasteiger partial charge on any atom is 0.137 e. The summed E-state index contributed by atoms with van der Waals surface area (Å²) < 4.78 is 6.97. The van der Waals surface area contributed by atoms with Gasteiger partial charge in [-0.3, -0.25) is 0 Å². The van der Waals surface area contributed by atoms with E-state index >= 15 is 0 Å². The van der Waals surface area contributed by atoms with Crippen molar-refractivity contribution in [3.8, 4) is 5.75 Å². The molecule has 1 aromatic carbocycles. The first kappa shape index (κ1) is 12.9. The zero-order valence-electron chi connectivity index (χ0n) is 10.5. The molecule has 0 aromatic heterocycles. The molecule has 1 heterocycles. The summed E-state index contributed by atoms with van der Waals surface area (Å²) in [6.45, 7) is 6.70. The van der Waals surface area contributed by atoms with Crippen LogP contribution in [0.4, 0.5) is 0 Å². The maximum atomic E-state index is 5.85. The first-order valence-corrected chi connectivity index (χ1v) is 7.27. The van der Waals surface area contributed by atoms with Gasteiger partial charge in [-0.05, 0) is 49.9 Å². The summed E-state index contributed by atoms with van der Waals surface area (Å²) in [6.07, 6.45) is 4.18. The van der Waals surface area contributed by atoms with Gasteiger partial charge >= 0.3 is 0 Å². The quantitative estimate of drug-likeness (QED) is 0.900. The van der Waals surface area contributed by atoms with Gasteiger partial charge in [0.1, 0.15) is 18.9 Å². The molecule has 0 amide bonds. The Hall–Kier alpha value is -0.540. The molecule has 17 heavy (non-hydrogen) atoms. The summed E-state index contributed by atoms with van der Waals surface area (Å²) in [5.74, 6) is 1.02. The zero-order chi connectivity index (χ0) is 12.1. The molecule has 94 valence electrons. The summed E-state index contributed by atoms with van der Waals surface area (Å²) in [5.41, 5.74) is 1.20. The predicted octanol–water partition coefficient (Wildman–Crippen LogP) is 2.21. The molecule has 2 nitrogen and oxygen atoms in total. The Labute approximate surface area is 112 Å². The van der Waals surface area contributed by atoms with Crippen molar-refractivity contribution >= 4 is 15.9 Å². The van der Waals surface area contributed by atoms with Gasteiger partial charge in [0.05, 0.1) is 13.1 Å². The molecular formula is C14H21BrNO+. The molecule has 1 N–H and O–H groups in total. The molecule has 0 bridgehead atoms. The number of nitrogens with one attached hydrogen (secondary N) is 1. The van der Waals surface area contributed by atoms with Crippen LogP contribution in [0.5, 0.6) is 5.75 Å². The Kier molecular flexibility index (Phi) is 4.86. The van der Waals surface area contributed by atoms with E-state index < -0.39 is 0 Å². The smallest absolute Gasteiger partial charge is 0.137 e. The van der Waals surface area contributed by atoms with E-state index in [1.54, 1.807) is 4.90 Å². The van der Waals surface area contributed by atoms with Crippen LogP contribution in [0.25, 0.3) is 0 Å². The predicted molar refractivity (Wildman–Crippen MR) is 73.8 cm³/mol. The number of quaternary nitrogens is 1. The normalized spacial score (nSPS) is 17.1. The highest BCUT2D eigenvalue weighted by molar-refractivity contribution is 9.10. The Balaban J connectivity index is 1.77. The van der Waals surface area contributed by atoms with E-state index in [1.165, 1.54) is 37.9 Å². The van der Waals surface area contributed by atoms with E-state index in [9.17, 15) is 0 Å². The lowest BCUT2D eigenvalue weighted by molar-refractivity contribution is -0.904. The number of hydrogen-bond acceptors (Lipinski definition) is 1. The van der Waals surface area contributed by atoms with Gasteiger partial charge < -0.3 is 9.64 Å². The number of ether oxygens (including phenoxy) is 1. The molecule has 1 aromatic rings. The van der Waals surface area contributed by atoms with Crippen LogP contribution in [0.1, 0.15) is 24.8 Å². The molecule has 2 rings (SSSR count). The molecule has 1 saturated heterocycles. The fourth-order valence-corrected chi connectivity index (χ4v) is 2.86. The molecule has 0 unspecified atom stereocenters. The summed E-state index contributed by atoms with van der Waals surface area (Å²) >= 11 is 3.47. The van der Waals surface area contributed by atoms with E-state index in [1.807, 2.05) is 12.1 Å². The minimum atomic E-state index is 0.831. The summed E-state index contributed by atoms with van der Waals surface area (Å²) in [7, 11) is 0. The van der Waals surface area contributed by atoms with E-state index in [0.717, 1.165) is 23.4 Å². The minimum Gasteiger partial charge on any atom is -0.487 e. The van der Waals surface area contributed by atoms with E-state index in [-0.39, 0.29) is 0 Å². The third kappa shape index (κ3) is 4.00. The third-order valence-corrected chi connectivity index (χ3v) is 3.90. The van der Waals surface area contributed by atoms with Gasteiger partial charge in [0.25, 0.3) is 0 Å². The van der Waals surface area contributed by atoms with Crippen LogP contribution in [0.2, 0.25) is 0 Å². The van der Waals surface area contributed by atoms with Gasteiger partial charge in [0.2, 0.25) is 0 Å². The van der Waals surface area contributed by atoms with Gasteiger partial charge in [-0.15, -0.1) is 0 Å². The number of benzene rings is 1. The number of piperidine rings is 1. The minimum absolute atomic E-state index is 0.831. The van der Waals surface area contributed by atoms with Crippen molar-refractivity contribution in [1.82, 2.24) is 0 Å². The summed E-state index contributed by atoms with van der Waals surface area (Å²) in [5, 5.41) is 0. The van der Waals surface area contributed by atoms with Gasteiger partial charge in [0.15, 0.2) is 0 Å². The SMILES string of the molecule is Cc1cc(Br)ccc1OCC[NH+]1CCCCC1. The highest BCUT2D eigenvalue weighted by atomic mass is 79.9. The van der Waals surface area contributed by atoms with Crippen molar-refractivity contribution in [2.24, 2.45) is 0 Å². The number of likely N-dealkylation sites (tertiary alicyclic amines) is 1. The van der Waals surface area contributed by atoms with Crippen molar-refractivity contribution in [3.05, 3.63) is 28.2 Å². The topological polar surface area (TPSA) is 13.7 Å². The van der Waals surface area contributed by atoms with Crippen LogP contribution in [-0.4, -0.2) is 26.2 Å². The van der Waals surface area contributed by atoms with Crippen molar-refractivity contribution in [2.45, 2.75) is 26.2 Å². The van der Waals surface area contributed by atoms with Gasteiger partial charge in [-0.1, -0.05) is 15.9 Å². The summed E-state index contributed by atoms with van der Waals surface area (Å²) in [6, 6.07) is 6.18. The fourth-order valence-electron chi connectivity index (χ4n) is 2.38. The lowest BCUT2D eigenvalue weighted by Crippen LogP contribution is -3.13. The monoisotopic (exact) mass is 298 g/mol. The average molecular weight is 299 g/mol. The number of hydrogen-bond donors (Lipinski definition) is 1. The molecule has 1 fully saturated rings. The standard InChI is InChI=1S/C14H20BrNO/c1-12-11-13(15)5-6-14(12)17-10-9-16-7-3-2-4-8-16/h5-6,11H,2-4,7-10H2,1H3/p+1. The molecule has 0 aliphatic carbocycles. The Morgan fingerprint density at radius 3 is 2.71 bits per heavy atom. The van der Waals surface area contributed by atoms with Crippen molar-refractivity contribution in [2.75, 3.05) is 26.2 Å². The lowest BCUT2D eigenvalue weighted by Gasteiger charge is -2.23. The second-order valence-corrected chi connectivity index (χ2v) is 5.73. The zero-order valence-corrected chi connectivity index (χ0v) is 12.1.